The summed E-state index contributed by atoms with van der Waals surface area (Å²) < 4.78 is 25.8. The third-order valence-corrected chi connectivity index (χ3v) is 11.6. The van der Waals surface area contributed by atoms with Crippen LogP contribution in [-0.2, 0) is 56.9 Å². The Morgan fingerprint density at radius 1 is 0.897 bits per heavy atom. The minimum Gasteiger partial charge on any atom is -0.499 e. The van der Waals surface area contributed by atoms with Crippen molar-refractivity contribution in [1.29, 1.82) is 0 Å². The monoisotopic (exact) mass is 789 g/mol. The highest BCUT2D eigenvalue weighted by Crippen LogP contribution is 2.59. The Hall–Kier alpha value is -5.41. The van der Waals surface area contributed by atoms with Gasteiger partial charge in [0, 0.05) is 37.6 Å². The van der Waals surface area contributed by atoms with Crippen LogP contribution in [0.15, 0.2) is 122 Å². The van der Waals surface area contributed by atoms with Gasteiger partial charge in [-0.3, -0.25) is 19.2 Å². The van der Waals surface area contributed by atoms with E-state index in [4.69, 9.17) is 23.8 Å². The summed E-state index contributed by atoms with van der Waals surface area (Å²) in [5, 5.41) is 23.1. The highest BCUT2D eigenvalue weighted by Gasteiger charge is 2.77. The number of benzene rings is 4. The second-order valence-electron chi connectivity index (χ2n) is 15.0. The average Bonchev–Trinajstić information content (AvgIpc) is 3.84. The Morgan fingerprint density at radius 2 is 1.53 bits per heavy atom. The van der Waals surface area contributed by atoms with Gasteiger partial charge in [0.15, 0.2) is 6.04 Å². The molecular weight excluding hydrogens is 743 g/mol. The van der Waals surface area contributed by atoms with Crippen molar-refractivity contribution >= 4 is 23.9 Å². The molecule has 13 nitrogen and oxygen atoms in total. The first-order valence-electron chi connectivity index (χ1n) is 19.6. The number of ether oxygens (including phenoxy) is 4. The van der Waals surface area contributed by atoms with Gasteiger partial charge in [-0.15, -0.1) is 0 Å². The van der Waals surface area contributed by atoms with Crippen molar-refractivity contribution in [3.8, 4) is 0 Å². The number of likely N-dealkylation sites (N-methyl/N-ethyl adjacent to an activating group) is 1. The van der Waals surface area contributed by atoms with Gasteiger partial charge in [0.1, 0.15) is 42.5 Å². The fourth-order valence-corrected chi connectivity index (χ4v) is 8.93. The fourth-order valence-electron chi connectivity index (χ4n) is 8.93. The molecule has 1 aliphatic carbocycles. The van der Waals surface area contributed by atoms with Crippen LogP contribution in [0.4, 0.5) is 0 Å². The first-order valence-corrected chi connectivity index (χ1v) is 19.6. The summed E-state index contributed by atoms with van der Waals surface area (Å²) in [5.41, 5.74) is 2.21. The first-order chi connectivity index (χ1) is 28.3. The number of nitrogens with one attached hydrogen (secondary N) is 1. The molecule has 8 rings (SSSR count). The number of nitrogens with zero attached hydrogens (tertiary/aromatic N) is 2. The van der Waals surface area contributed by atoms with Crippen molar-refractivity contribution in [1.82, 2.24) is 15.3 Å². The third kappa shape index (κ3) is 7.08. The maximum Gasteiger partial charge on any atom is 0.327 e. The topological polar surface area (TPSA) is 156 Å². The minimum atomic E-state index is -1.58. The largest absolute Gasteiger partial charge is 0.499 e. The summed E-state index contributed by atoms with van der Waals surface area (Å²) in [6.07, 6.45) is -0.198. The smallest absolute Gasteiger partial charge is 0.327 e. The van der Waals surface area contributed by atoms with Gasteiger partial charge < -0.3 is 39.4 Å². The van der Waals surface area contributed by atoms with Crippen LogP contribution in [-0.4, -0.2) is 108 Å². The molecule has 3 aliphatic heterocycles. The number of hydrogen-bond donors (Lipinski definition) is 3. The lowest BCUT2D eigenvalue weighted by atomic mass is 9.62. The predicted molar refractivity (Wildman–Crippen MR) is 210 cm³/mol. The van der Waals surface area contributed by atoms with Crippen molar-refractivity contribution in [2.45, 2.75) is 61.7 Å². The zero-order chi connectivity index (χ0) is 40.3. The molecule has 3 N–H and O–H groups in total. The van der Waals surface area contributed by atoms with E-state index in [9.17, 15) is 19.8 Å². The molecule has 2 bridgehead atoms. The number of aliphatic hydroxyl groups excluding tert-OH is 2. The zero-order valence-electron chi connectivity index (χ0n) is 32.1. The maximum absolute atomic E-state index is 15.6. The third-order valence-electron chi connectivity index (χ3n) is 11.6. The number of hydroxylamine groups is 2. The van der Waals surface area contributed by atoms with Crippen molar-refractivity contribution in [2.75, 3.05) is 33.4 Å². The Morgan fingerprint density at radius 3 is 2.21 bits per heavy atom. The molecule has 4 aromatic carbocycles. The number of hydrogen-bond acceptors (Lipinski definition) is 11. The van der Waals surface area contributed by atoms with E-state index in [0.29, 0.717) is 11.1 Å². The Kier molecular flexibility index (Phi) is 11.4. The van der Waals surface area contributed by atoms with Gasteiger partial charge in [-0.1, -0.05) is 115 Å². The summed E-state index contributed by atoms with van der Waals surface area (Å²) in [6, 6.07) is 33.7. The standard InChI is InChI=1S/C45H47N3O10/c1-47(35(41(51)46-22-23-49)27-30-13-5-2-6-14-30)43(53)44-28-36-37-38(57-45(56-37,33-17-7-3-8-18-33)34-19-9-4-10-20-34)40(44)58-48(39(44)42(52)55-36)29-32-16-12-11-15-31(32)21-25-54-26-24-50/h2-21,25,35-40,49-50H,22-24,26-29H2,1H3,(H,46,51). The van der Waals surface area contributed by atoms with E-state index >= 15 is 4.79 Å². The van der Waals surface area contributed by atoms with Gasteiger partial charge in [0.05, 0.1) is 26.0 Å². The molecule has 4 aromatic rings. The number of carbonyl (C=O) groups excluding carboxylic acids is 3. The van der Waals surface area contributed by atoms with Gasteiger partial charge >= 0.3 is 5.97 Å². The predicted octanol–water partition coefficient (Wildman–Crippen LogP) is 3.33. The summed E-state index contributed by atoms with van der Waals surface area (Å²) in [5.74, 6) is -3.01. The molecule has 7 unspecified atom stereocenters. The van der Waals surface area contributed by atoms with Crippen molar-refractivity contribution < 1.29 is 48.4 Å². The normalized spacial score (nSPS) is 26.1. The SMILES string of the molecule is CN(C(=O)C12CC3OC(=O)C1N(Cc1ccccc1C=COCCO)OC2C1OC(c2ccccc2)(c2ccccc2)OC31)C(Cc1ccccc1)C(=O)NCCO. The molecular formula is C45H47N3O10. The molecule has 1 saturated carbocycles. The Labute approximate surface area is 336 Å². The molecule has 3 heterocycles. The molecule has 3 saturated heterocycles. The molecule has 0 radical (unpaired) electrons. The van der Waals surface area contributed by atoms with Gasteiger partial charge in [-0.2, -0.15) is 5.06 Å². The molecule has 7 atom stereocenters. The van der Waals surface area contributed by atoms with Gasteiger partial charge in [-0.25, -0.2) is 0 Å². The molecule has 0 spiro atoms. The second kappa shape index (κ2) is 16.8. The van der Waals surface area contributed by atoms with Crippen LogP contribution in [0.5, 0.6) is 0 Å². The molecule has 302 valence electrons. The van der Waals surface area contributed by atoms with E-state index in [1.54, 1.807) is 13.1 Å². The molecule has 13 heteroatoms. The molecule has 2 amide bonds. The van der Waals surface area contributed by atoms with Crippen molar-refractivity contribution in [3.63, 3.8) is 0 Å². The summed E-state index contributed by atoms with van der Waals surface area (Å²) >= 11 is 0. The summed E-state index contributed by atoms with van der Waals surface area (Å²) in [4.78, 5) is 52.4. The quantitative estimate of drug-likeness (QED) is 0.0923. The summed E-state index contributed by atoms with van der Waals surface area (Å²) in [6.45, 7) is -0.206. The van der Waals surface area contributed by atoms with Crippen molar-refractivity contribution in [2.24, 2.45) is 5.41 Å². The Balaban J connectivity index is 1.23. The fraction of sp³-hybridized carbons (Fsp3) is 0.356. The number of aliphatic hydroxyl groups is 2. The average molecular weight is 790 g/mol. The van der Waals surface area contributed by atoms with Crippen LogP contribution in [0.3, 0.4) is 0 Å². The highest BCUT2D eigenvalue weighted by molar-refractivity contribution is 5.96. The summed E-state index contributed by atoms with van der Waals surface area (Å²) in [7, 11) is 1.57. The lowest BCUT2D eigenvalue weighted by Crippen LogP contribution is -2.70. The lowest BCUT2D eigenvalue weighted by Gasteiger charge is -2.50. The van der Waals surface area contributed by atoms with Crippen LogP contribution >= 0.6 is 0 Å². The number of amides is 2. The van der Waals surface area contributed by atoms with Gasteiger partial charge in [-0.05, 0) is 22.8 Å². The minimum absolute atomic E-state index is 0.00270. The van der Waals surface area contributed by atoms with Crippen LogP contribution in [0.2, 0.25) is 0 Å². The number of carbonyl (C=O) groups is 3. The number of esters is 1. The van der Waals surface area contributed by atoms with Crippen LogP contribution in [0.25, 0.3) is 6.08 Å². The second-order valence-corrected chi connectivity index (χ2v) is 15.0. The number of fused-ring (bicyclic) bond motifs is 4. The first kappa shape index (κ1) is 39.4. The van der Waals surface area contributed by atoms with Gasteiger partial charge in [0.25, 0.3) is 0 Å². The number of rotatable bonds is 15. The van der Waals surface area contributed by atoms with E-state index in [-0.39, 0.29) is 45.8 Å². The molecule has 58 heavy (non-hydrogen) atoms. The molecule has 4 fully saturated rings. The van der Waals surface area contributed by atoms with E-state index in [0.717, 1.165) is 16.7 Å². The van der Waals surface area contributed by atoms with Gasteiger partial charge in [0.2, 0.25) is 17.6 Å². The molecule has 0 aromatic heterocycles. The Bertz CT molecular complexity index is 2060. The van der Waals surface area contributed by atoms with Crippen molar-refractivity contribution in [3.05, 3.63) is 149 Å². The van der Waals surface area contributed by atoms with Crippen LogP contribution in [0, 0.1) is 5.41 Å². The lowest BCUT2D eigenvalue weighted by molar-refractivity contribution is -0.214. The van der Waals surface area contributed by atoms with E-state index in [1.807, 2.05) is 115 Å². The van der Waals surface area contributed by atoms with E-state index < -0.39 is 65.5 Å². The van der Waals surface area contributed by atoms with Crippen LogP contribution in [0.1, 0.15) is 34.2 Å². The van der Waals surface area contributed by atoms with E-state index in [2.05, 4.69) is 5.32 Å². The van der Waals surface area contributed by atoms with Crippen LogP contribution < -0.4 is 5.32 Å². The highest BCUT2D eigenvalue weighted by atomic mass is 16.8. The van der Waals surface area contributed by atoms with E-state index in [1.165, 1.54) is 16.2 Å². The maximum atomic E-state index is 15.6. The zero-order valence-corrected chi connectivity index (χ0v) is 32.1. The molecule has 4 aliphatic rings.